The molecule has 3 rings (SSSR count). The maximum atomic E-state index is 13.0. The number of carbonyl (C=O) groups excluding carboxylic acids is 1. The second kappa shape index (κ2) is 9.51. The number of aliphatic hydroxyl groups is 1. The van der Waals surface area contributed by atoms with Crippen molar-refractivity contribution < 1.29 is 24.5 Å². The Bertz CT molecular complexity index is 863. The Morgan fingerprint density at radius 2 is 1.76 bits per heavy atom. The van der Waals surface area contributed by atoms with Crippen LogP contribution in [0.2, 0.25) is 5.02 Å². The summed E-state index contributed by atoms with van der Waals surface area (Å²) in [5.74, 6) is 0.0678. The summed E-state index contributed by atoms with van der Waals surface area (Å²) in [5.41, 5.74) is 1.63. The molecule has 0 amide bonds. The monoisotopic (exact) mass is 418 g/mol. The van der Waals surface area contributed by atoms with Gasteiger partial charge in [-0.05, 0) is 37.0 Å². The Morgan fingerprint density at radius 3 is 2.38 bits per heavy atom. The summed E-state index contributed by atoms with van der Waals surface area (Å²) in [7, 11) is 2.97. The highest BCUT2D eigenvalue weighted by molar-refractivity contribution is 6.30. The van der Waals surface area contributed by atoms with Gasteiger partial charge in [0, 0.05) is 29.0 Å². The molecule has 0 spiro atoms. The zero-order chi connectivity index (χ0) is 21.0. The number of phenols is 1. The predicted molar refractivity (Wildman–Crippen MR) is 113 cm³/mol. The molecule has 1 saturated carbocycles. The van der Waals surface area contributed by atoms with E-state index >= 15 is 0 Å². The minimum absolute atomic E-state index is 0.145. The fourth-order valence-electron chi connectivity index (χ4n) is 4.08. The van der Waals surface area contributed by atoms with Crippen LogP contribution in [0.3, 0.4) is 0 Å². The van der Waals surface area contributed by atoms with E-state index in [1.165, 1.54) is 14.2 Å². The molecular weight excluding hydrogens is 392 g/mol. The second-order valence-electron chi connectivity index (χ2n) is 7.43. The van der Waals surface area contributed by atoms with Crippen LogP contribution < -0.4 is 9.47 Å². The maximum Gasteiger partial charge on any atom is 0.170 e. The maximum absolute atomic E-state index is 13.0. The number of benzene rings is 2. The van der Waals surface area contributed by atoms with E-state index in [2.05, 4.69) is 0 Å². The zero-order valence-corrected chi connectivity index (χ0v) is 17.5. The van der Waals surface area contributed by atoms with Gasteiger partial charge in [0.15, 0.2) is 5.78 Å². The first-order valence-corrected chi connectivity index (χ1v) is 10.3. The standard InChI is InChI=1S/C23H27ClO5/c1-28-19-13-20(29-2)22(18(26)12-9-14-7-10-15(24)11-8-14)23(27)21(19)16-5-3-4-6-17(16)25/h7-8,10-11,13,16-17,25,27H,3-6,9,12H2,1-2H3/t16-,17-/m1/s1. The molecule has 0 heterocycles. The smallest absolute Gasteiger partial charge is 0.170 e. The van der Waals surface area contributed by atoms with E-state index in [1.807, 2.05) is 12.1 Å². The molecule has 1 aliphatic rings. The van der Waals surface area contributed by atoms with Gasteiger partial charge < -0.3 is 19.7 Å². The van der Waals surface area contributed by atoms with Gasteiger partial charge >= 0.3 is 0 Å². The first-order valence-electron chi connectivity index (χ1n) is 9.89. The van der Waals surface area contributed by atoms with Gasteiger partial charge in [0.05, 0.1) is 20.3 Å². The lowest BCUT2D eigenvalue weighted by Crippen LogP contribution is -2.23. The number of phenolic OH excluding ortho intramolecular Hbond substituents is 1. The average Bonchev–Trinajstić information content (AvgIpc) is 2.73. The second-order valence-corrected chi connectivity index (χ2v) is 7.86. The molecule has 0 saturated heterocycles. The van der Waals surface area contributed by atoms with Crippen molar-refractivity contribution in [3.8, 4) is 17.2 Å². The lowest BCUT2D eigenvalue weighted by Gasteiger charge is -2.30. The fraction of sp³-hybridized carbons (Fsp3) is 0.435. The third-order valence-electron chi connectivity index (χ3n) is 5.64. The van der Waals surface area contributed by atoms with Crippen molar-refractivity contribution in [3.63, 3.8) is 0 Å². The normalized spacial score (nSPS) is 19.0. The van der Waals surface area contributed by atoms with Gasteiger partial charge in [0.2, 0.25) is 0 Å². The summed E-state index contributed by atoms with van der Waals surface area (Å²) in [5, 5.41) is 22.2. The number of ketones is 1. The molecule has 29 heavy (non-hydrogen) atoms. The SMILES string of the molecule is COc1cc(OC)c([C@@H]2CCCC[C@H]2O)c(O)c1C(=O)CCc1ccc(Cl)cc1. The zero-order valence-electron chi connectivity index (χ0n) is 16.8. The van der Waals surface area contributed by atoms with Gasteiger partial charge in [-0.15, -0.1) is 0 Å². The molecule has 2 aromatic carbocycles. The van der Waals surface area contributed by atoms with E-state index in [0.717, 1.165) is 24.8 Å². The number of carbonyl (C=O) groups is 1. The molecule has 2 N–H and O–H groups in total. The van der Waals surface area contributed by atoms with Gasteiger partial charge in [-0.25, -0.2) is 0 Å². The summed E-state index contributed by atoms with van der Waals surface area (Å²) in [6.45, 7) is 0. The van der Waals surface area contributed by atoms with Gasteiger partial charge in [0.25, 0.3) is 0 Å². The van der Waals surface area contributed by atoms with Crippen LogP contribution in [0, 0.1) is 0 Å². The van der Waals surface area contributed by atoms with E-state index in [-0.39, 0.29) is 35.2 Å². The van der Waals surface area contributed by atoms with Crippen LogP contribution in [0.1, 0.15) is 59.5 Å². The van der Waals surface area contributed by atoms with Crippen molar-refractivity contribution in [2.45, 2.75) is 50.5 Å². The van der Waals surface area contributed by atoms with Gasteiger partial charge in [-0.1, -0.05) is 36.6 Å². The minimum atomic E-state index is -0.575. The number of hydrogen-bond donors (Lipinski definition) is 2. The number of aryl methyl sites for hydroxylation is 1. The molecule has 2 aromatic rings. The number of aliphatic hydroxyl groups excluding tert-OH is 1. The van der Waals surface area contributed by atoms with E-state index in [0.29, 0.717) is 29.2 Å². The number of methoxy groups -OCH3 is 2. The summed E-state index contributed by atoms with van der Waals surface area (Å²) in [4.78, 5) is 13.0. The van der Waals surface area contributed by atoms with E-state index in [9.17, 15) is 15.0 Å². The molecule has 2 atom stereocenters. The number of aromatic hydroxyl groups is 1. The Hall–Kier alpha value is -2.24. The Kier molecular flexibility index (Phi) is 7.04. The minimum Gasteiger partial charge on any atom is -0.507 e. The predicted octanol–water partition coefficient (Wildman–Crippen LogP) is 4.90. The Morgan fingerprint density at radius 1 is 1.10 bits per heavy atom. The lowest BCUT2D eigenvalue weighted by atomic mass is 9.79. The lowest BCUT2D eigenvalue weighted by molar-refractivity contribution is 0.0967. The van der Waals surface area contributed by atoms with E-state index in [1.54, 1.807) is 18.2 Å². The first-order chi connectivity index (χ1) is 14.0. The average molecular weight is 419 g/mol. The molecule has 0 unspecified atom stereocenters. The first kappa shape index (κ1) is 21.5. The van der Waals surface area contributed by atoms with Crippen LogP contribution in [-0.4, -0.2) is 36.3 Å². The van der Waals surface area contributed by atoms with Gasteiger partial charge in [-0.2, -0.15) is 0 Å². The van der Waals surface area contributed by atoms with Crippen molar-refractivity contribution in [3.05, 3.63) is 52.0 Å². The molecule has 1 fully saturated rings. The van der Waals surface area contributed by atoms with E-state index in [4.69, 9.17) is 21.1 Å². The molecule has 156 valence electrons. The number of rotatable bonds is 7. The third-order valence-corrected chi connectivity index (χ3v) is 5.89. The highest BCUT2D eigenvalue weighted by atomic mass is 35.5. The van der Waals surface area contributed by atoms with E-state index < -0.39 is 6.10 Å². The highest BCUT2D eigenvalue weighted by Gasteiger charge is 2.33. The summed E-state index contributed by atoms with van der Waals surface area (Å²) in [6.07, 6.45) is 3.46. The molecule has 6 heteroatoms. The molecule has 5 nitrogen and oxygen atoms in total. The molecule has 0 bridgehead atoms. The third kappa shape index (κ3) is 4.68. The summed E-state index contributed by atoms with van der Waals surface area (Å²) >= 11 is 5.91. The van der Waals surface area contributed by atoms with Crippen LogP contribution in [0.5, 0.6) is 17.2 Å². The molecule has 1 aliphatic carbocycles. The van der Waals surface area contributed by atoms with Gasteiger partial charge in [0.1, 0.15) is 22.8 Å². The van der Waals surface area contributed by atoms with Crippen molar-refractivity contribution in [1.29, 1.82) is 0 Å². The number of Topliss-reactive ketones (excluding diaryl/α,β-unsaturated/α-hetero) is 1. The molecule has 0 aliphatic heterocycles. The van der Waals surface area contributed by atoms with Crippen LogP contribution in [0.25, 0.3) is 0 Å². The quantitative estimate of drug-likeness (QED) is 0.625. The van der Waals surface area contributed by atoms with Crippen molar-refractivity contribution >= 4 is 17.4 Å². The molecule has 0 radical (unpaired) electrons. The Balaban J connectivity index is 1.94. The summed E-state index contributed by atoms with van der Waals surface area (Å²) in [6, 6.07) is 8.96. The Labute approximate surface area is 176 Å². The molecule has 0 aromatic heterocycles. The molecular formula is C23H27ClO5. The van der Waals surface area contributed by atoms with Crippen LogP contribution in [0.4, 0.5) is 0 Å². The number of hydrogen-bond acceptors (Lipinski definition) is 5. The largest absolute Gasteiger partial charge is 0.507 e. The van der Waals surface area contributed by atoms with Crippen molar-refractivity contribution in [1.82, 2.24) is 0 Å². The van der Waals surface area contributed by atoms with Crippen LogP contribution in [0.15, 0.2) is 30.3 Å². The number of halogens is 1. The van der Waals surface area contributed by atoms with Gasteiger partial charge in [-0.3, -0.25) is 4.79 Å². The van der Waals surface area contributed by atoms with Crippen LogP contribution >= 0.6 is 11.6 Å². The summed E-state index contributed by atoms with van der Waals surface area (Å²) < 4.78 is 10.9. The van der Waals surface area contributed by atoms with Crippen LogP contribution in [-0.2, 0) is 6.42 Å². The topological polar surface area (TPSA) is 76.0 Å². The fourth-order valence-corrected chi connectivity index (χ4v) is 4.20. The van der Waals surface area contributed by atoms with Crippen molar-refractivity contribution in [2.24, 2.45) is 0 Å². The van der Waals surface area contributed by atoms with Crippen molar-refractivity contribution in [2.75, 3.05) is 14.2 Å². The number of ether oxygens (including phenoxy) is 2. The highest BCUT2D eigenvalue weighted by Crippen LogP contribution is 2.47.